The van der Waals surface area contributed by atoms with Crippen molar-refractivity contribution in [3.63, 3.8) is 0 Å². The number of thioether (sulfide) groups is 1. The summed E-state index contributed by atoms with van der Waals surface area (Å²) in [6.07, 6.45) is 0.397. The second-order valence-corrected chi connectivity index (χ2v) is 8.40. The fourth-order valence-corrected chi connectivity index (χ4v) is 3.59. The molecule has 2 aromatic rings. The maximum atomic E-state index is 13.0. The van der Waals surface area contributed by atoms with Crippen LogP contribution in [0.5, 0.6) is 0 Å². The smallest absolute Gasteiger partial charge is 0.242 e. The Morgan fingerprint density at radius 1 is 0.964 bits per heavy atom. The summed E-state index contributed by atoms with van der Waals surface area (Å²) < 4.78 is 0. The summed E-state index contributed by atoms with van der Waals surface area (Å²) in [6.45, 7) is 6.96. The molecule has 0 aliphatic heterocycles. The van der Waals surface area contributed by atoms with E-state index >= 15 is 0 Å². The molecular weight excluding hydrogens is 368 g/mol. The van der Waals surface area contributed by atoms with Crippen LogP contribution in [0.25, 0.3) is 0 Å². The summed E-state index contributed by atoms with van der Waals surface area (Å²) in [5.74, 6) is 0.957. The molecule has 0 radical (unpaired) electrons. The third-order valence-corrected chi connectivity index (χ3v) is 5.39. The molecule has 0 saturated heterocycles. The number of hydrogen-bond acceptors (Lipinski definition) is 3. The molecule has 2 rings (SSSR count). The minimum atomic E-state index is -0.506. The largest absolute Gasteiger partial charge is 0.354 e. The lowest BCUT2D eigenvalue weighted by molar-refractivity contribution is -0.140. The lowest BCUT2D eigenvalue weighted by Gasteiger charge is -2.29. The zero-order chi connectivity index (χ0) is 20.4. The second kappa shape index (κ2) is 11.5. The highest BCUT2D eigenvalue weighted by Crippen LogP contribution is 2.19. The van der Waals surface area contributed by atoms with E-state index in [1.54, 1.807) is 23.6 Å². The summed E-state index contributed by atoms with van der Waals surface area (Å²) in [6, 6.07) is 19.4. The van der Waals surface area contributed by atoms with Gasteiger partial charge in [-0.2, -0.15) is 0 Å². The number of carbonyl (C=O) groups is 2. The van der Waals surface area contributed by atoms with Crippen molar-refractivity contribution in [2.75, 3.05) is 12.3 Å². The zero-order valence-electron chi connectivity index (χ0n) is 16.9. The van der Waals surface area contributed by atoms with E-state index in [0.717, 1.165) is 10.5 Å². The fraction of sp³-hybridized carbons (Fsp3) is 0.391. The maximum absolute atomic E-state index is 13.0. The number of nitrogens with zero attached hydrogens (tertiary/aromatic N) is 1. The van der Waals surface area contributed by atoms with Gasteiger partial charge in [0, 0.05) is 30.2 Å². The van der Waals surface area contributed by atoms with Gasteiger partial charge in [0.05, 0.1) is 0 Å². The van der Waals surface area contributed by atoms with Crippen LogP contribution in [-0.2, 0) is 16.1 Å². The van der Waals surface area contributed by atoms with Gasteiger partial charge in [-0.05, 0) is 30.5 Å². The normalized spacial score (nSPS) is 11.9. The molecule has 0 saturated carbocycles. The number of hydrogen-bond donors (Lipinski definition) is 1. The van der Waals surface area contributed by atoms with E-state index in [0.29, 0.717) is 31.2 Å². The van der Waals surface area contributed by atoms with Gasteiger partial charge in [0.25, 0.3) is 0 Å². The van der Waals surface area contributed by atoms with E-state index in [2.05, 4.69) is 19.2 Å². The van der Waals surface area contributed by atoms with Crippen LogP contribution in [0.3, 0.4) is 0 Å². The average molecular weight is 399 g/mol. The van der Waals surface area contributed by atoms with Crippen molar-refractivity contribution in [1.29, 1.82) is 0 Å². The lowest BCUT2D eigenvalue weighted by Crippen LogP contribution is -2.48. The average Bonchev–Trinajstić information content (AvgIpc) is 2.71. The van der Waals surface area contributed by atoms with Crippen LogP contribution in [0, 0.1) is 5.92 Å². The standard InChI is InChI=1S/C23H30N2O2S/c1-18(2)16-24-23(27)19(3)25(17-20-10-6-4-7-11-20)22(26)14-15-28-21-12-8-5-9-13-21/h4-13,18-19H,14-17H2,1-3H3,(H,24,27)/t19-/m1/s1. The minimum absolute atomic E-state index is 0.000480. The number of benzene rings is 2. The van der Waals surface area contributed by atoms with Gasteiger partial charge >= 0.3 is 0 Å². The van der Waals surface area contributed by atoms with E-state index in [9.17, 15) is 9.59 Å². The summed E-state index contributed by atoms with van der Waals surface area (Å²) in [4.78, 5) is 28.4. The van der Waals surface area contributed by atoms with E-state index in [4.69, 9.17) is 0 Å². The monoisotopic (exact) mass is 398 g/mol. The Kier molecular flexibility index (Phi) is 9.08. The molecular formula is C23H30N2O2S. The van der Waals surface area contributed by atoms with Crippen LogP contribution < -0.4 is 5.32 Å². The van der Waals surface area contributed by atoms with Gasteiger partial charge < -0.3 is 10.2 Å². The van der Waals surface area contributed by atoms with Gasteiger partial charge in [-0.15, -0.1) is 11.8 Å². The van der Waals surface area contributed by atoms with Gasteiger partial charge in [0.15, 0.2) is 0 Å². The Morgan fingerprint density at radius 3 is 2.18 bits per heavy atom. The van der Waals surface area contributed by atoms with Crippen LogP contribution in [0.4, 0.5) is 0 Å². The topological polar surface area (TPSA) is 49.4 Å². The Labute approximate surface area is 172 Å². The Balaban J connectivity index is 2.01. The van der Waals surface area contributed by atoms with Crippen LogP contribution in [0.1, 0.15) is 32.8 Å². The quantitative estimate of drug-likeness (QED) is 0.605. The van der Waals surface area contributed by atoms with Crippen molar-refractivity contribution >= 4 is 23.6 Å². The molecule has 0 aliphatic carbocycles. The molecule has 4 nitrogen and oxygen atoms in total. The zero-order valence-corrected chi connectivity index (χ0v) is 17.7. The van der Waals surface area contributed by atoms with Crippen molar-refractivity contribution in [2.24, 2.45) is 5.92 Å². The predicted molar refractivity (Wildman–Crippen MR) is 116 cm³/mol. The van der Waals surface area contributed by atoms with Gasteiger partial charge in [-0.1, -0.05) is 62.4 Å². The minimum Gasteiger partial charge on any atom is -0.354 e. The van der Waals surface area contributed by atoms with Crippen LogP contribution in [-0.4, -0.2) is 35.1 Å². The highest BCUT2D eigenvalue weighted by Gasteiger charge is 2.25. The van der Waals surface area contributed by atoms with Gasteiger partial charge in [0.1, 0.15) is 6.04 Å². The van der Waals surface area contributed by atoms with Gasteiger partial charge in [-0.25, -0.2) is 0 Å². The van der Waals surface area contributed by atoms with E-state index in [-0.39, 0.29) is 11.8 Å². The highest BCUT2D eigenvalue weighted by atomic mass is 32.2. The Hall–Kier alpha value is -2.27. The first-order valence-electron chi connectivity index (χ1n) is 9.76. The van der Waals surface area contributed by atoms with Crippen LogP contribution in [0.2, 0.25) is 0 Å². The second-order valence-electron chi connectivity index (χ2n) is 7.23. The third kappa shape index (κ3) is 7.39. The molecule has 5 heteroatoms. The molecule has 0 bridgehead atoms. The number of nitrogens with one attached hydrogen (secondary N) is 1. The highest BCUT2D eigenvalue weighted by molar-refractivity contribution is 7.99. The van der Waals surface area contributed by atoms with Crippen molar-refractivity contribution < 1.29 is 9.59 Å². The van der Waals surface area contributed by atoms with Crippen molar-refractivity contribution in [1.82, 2.24) is 10.2 Å². The molecule has 150 valence electrons. The number of amides is 2. The summed E-state index contributed by atoms with van der Waals surface area (Å²) in [7, 11) is 0. The Morgan fingerprint density at radius 2 is 1.57 bits per heavy atom. The molecule has 28 heavy (non-hydrogen) atoms. The Bertz CT molecular complexity index is 735. The maximum Gasteiger partial charge on any atom is 0.242 e. The SMILES string of the molecule is CC(C)CNC(=O)[C@@H](C)N(Cc1ccccc1)C(=O)CCSc1ccccc1. The fourth-order valence-electron chi connectivity index (χ4n) is 2.73. The van der Waals surface area contributed by atoms with Crippen molar-refractivity contribution in [3.05, 3.63) is 66.2 Å². The molecule has 1 atom stereocenters. The predicted octanol–water partition coefficient (Wildman–Crippen LogP) is 4.36. The molecule has 0 aliphatic rings. The summed E-state index contributed by atoms with van der Waals surface area (Å²) in [5.41, 5.74) is 1.02. The molecule has 1 N–H and O–H groups in total. The first-order valence-corrected chi connectivity index (χ1v) is 10.7. The summed E-state index contributed by atoms with van der Waals surface area (Å²) in [5, 5.41) is 2.95. The van der Waals surface area contributed by atoms with Crippen molar-refractivity contribution in [3.8, 4) is 0 Å². The molecule has 2 aromatic carbocycles. The van der Waals surface area contributed by atoms with Crippen molar-refractivity contribution in [2.45, 2.75) is 44.7 Å². The molecule has 2 amide bonds. The first kappa shape index (κ1) is 22.0. The molecule has 0 fully saturated rings. The molecule has 0 aromatic heterocycles. The lowest BCUT2D eigenvalue weighted by atomic mass is 10.1. The summed E-state index contributed by atoms with van der Waals surface area (Å²) >= 11 is 1.66. The molecule has 0 heterocycles. The third-order valence-electron chi connectivity index (χ3n) is 4.38. The van der Waals surface area contributed by atoms with Crippen LogP contribution in [0.15, 0.2) is 65.6 Å². The number of carbonyl (C=O) groups excluding carboxylic acids is 2. The molecule has 0 spiro atoms. The number of rotatable bonds is 10. The van der Waals surface area contributed by atoms with Gasteiger partial charge in [-0.3, -0.25) is 9.59 Å². The van der Waals surface area contributed by atoms with Crippen LogP contribution >= 0.6 is 11.8 Å². The van der Waals surface area contributed by atoms with E-state index < -0.39 is 6.04 Å². The van der Waals surface area contributed by atoms with Gasteiger partial charge in [0.2, 0.25) is 11.8 Å². The first-order chi connectivity index (χ1) is 13.5. The molecule has 0 unspecified atom stereocenters. The van der Waals surface area contributed by atoms with E-state index in [1.807, 2.05) is 60.7 Å². The van der Waals surface area contributed by atoms with E-state index in [1.165, 1.54) is 0 Å².